The number of carbonyl (C=O) groups excluding carboxylic acids is 1. The summed E-state index contributed by atoms with van der Waals surface area (Å²) in [6.45, 7) is 2.07. The van der Waals surface area contributed by atoms with Gasteiger partial charge in [0.2, 0.25) is 5.91 Å². The molecule has 0 radical (unpaired) electrons. The molecule has 23 heavy (non-hydrogen) atoms. The van der Waals surface area contributed by atoms with E-state index in [0.29, 0.717) is 17.9 Å². The number of likely N-dealkylation sites (N-methyl/N-ethyl adjacent to an activating group) is 1. The Labute approximate surface area is 140 Å². The third-order valence-electron chi connectivity index (χ3n) is 5.65. The smallest absolute Gasteiger partial charge is 0.222 e. The van der Waals surface area contributed by atoms with Crippen molar-refractivity contribution in [3.05, 3.63) is 30.3 Å². The molecular weight excluding hydrogens is 284 g/mol. The SMILES string of the molecule is CN(C(=O)CC1CCCCC1)C1CCCN(c2ccccc2)C1. The highest BCUT2D eigenvalue weighted by Crippen LogP contribution is 2.28. The molecule has 0 spiro atoms. The van der Waals surface area contributed by atoms with Gasteiger partial charge in [0.05, 0.1) is 0 Å². The van der Waals surface area contributed by atoms with Crippen LogP contribution in [0.1, 0.15) is 51.4 Å². The molecular formula is C20H30N2O. The Bertz CT molecular complexity index is 496. The lowest BCUT2D eigenvalue weighted by atomic mass is 9.86. The first-order valence-corrected chi connectivity index (χ1v) is 9.29. The van der Waals surface area contributed by atoms with Crippen LogP contribution < -0.4 is 4.90 Å². The van der Waals surface area contributed by atoms with E-state index in [-0.39, 0.29) is 0 Å². The molecule has 2 fully saturated rings. The Morgan fingerprint density at radius 2 is 1.83 bits per heavy atom. The summed E-state index contributed by atoms with van der Waals surface area (Å²) in [4.78, 5) is 17.1. The molecule has 1 aromatic carbocycles. The highest BCUT2D eigenvalue weighted by molar-refractivity contribution is 5.76. The molecule has 1 atom stereocenters. The van der Waals surface area contributed by atoms with Crippen LogP contribution in [0.5, 0.6) is 0 Å². The first-order valence-electron chi connectivity index (χ1n) is 9.29. The average Bonchev–Trinajstić information content (AvgIpc) is 2.63. The predicted octanol–water partition coefficient (Wildman–Crippen LogP) is 4.08. The molecule has 1 aliphatic carbocycles. The van der Waals surface area contributed by atoms with Crippen LogP contribution in [0, 0.1) is 5.92 Å². The van der Waals surface area contributed by atoms with Crippen molar-refractivity contribution in [1.82, 2.24) is 4.90 Å². The second-order valence-electron chi connectivity index (χ2n) is 7.29. The van der Waals surface area contributed by atoms with Crippen LogP contribution >= 0.6 is 0 Å². The summed E-state index contributed by atoms with van der Waals surface area (Å²) in [6.07, 6.45) is 9.55. The first kappa shape index (κ1) is 16.4. The Balaban J connectivity index is 1.55. The van der Waals surface area contributed by atoms with Gasteiger partial charge < -0.3 is 9.80 Å². The number of piperidine rings is 1. The Morgan fingerprint density at radius 3 is 2.57 bits per heavy atom. The zero-order valence-electron chi connectivity index (χ0n) is 14.4. The molecule has 3 nitrogen and oxygen atoms in total. The van der Waals surface area contributed by atoms with E-state index in [9.17, 15) is 4.79 Å². The number of anilines is 1. The van der Waals surface area contributed by atoms with Crippen LogP contribution in [0.4, 0.5) is 5.69 Å². The fourth-order valence-electron chi connectivity index (χ4n) is 4.13. The second-order valence-corrected chi connectivity index (χ2v) is 7.29. The van der Waals surface area contributed by atoms with Gasteiger partial charge in [0.1, 0.15) is 0 Å². The third-order valence-corrected chi connectivity index (χ3v) is 5.65. The monoisotopic (exact) mass is 314 g/mol. The summed E-state index contributed by atoms with van der Waals surface area (Å²) in [7, 11) is 2.02. The van der Waals surface area contributed by atoms with E-state index in [1.54, 1.807) is 0 Å². The van der Waals surface area contributed by atoms with Gasteiger partial charge in [-0.2, -0.15) is 0 Å². The van der Waals surface area contributed by atoms with Crippen molar-refractivity contribution in [3.63, 3.8) is 0 Å². The van der Waals surface area contributed by atoms with Crippen molar-refractivity contribution in [2.24, 2.45) is 5.92 Å². The minimum atomic E-state index is 0.358. The van der Waals surface area contributed by atoms with Crippen LogP contribution in [0.3, 0.4) is 0 Å². The van der Waals surface area contributed by atoms with E-state index in [1.165, 1.54) is 44.2 Å². The van der Waals surface area contributed by atoms with Gasteiger partial charge in [0.25, 0.3) is 0 Å². The Morgan fingerprint density at radius 1 is 1.09 bits per heavy atom. The van der Waals surface area contributed by atoms with Crippen molar-refractivity contribution in [3.8, 4) is 0 Å². The van der Waals surface area contributed by atoms with E-state index < -0.39 is 0 Å². The number of hydrogen-bond acceptors (Lipinski definition) is 2. The molecule has 1 heterocycles. The lowest BCUT2D eigenvalue weighted by Crippen LogP contribution is -2.49. The minimum Gasteiger partial charge on any atom is -0.369 e. The quantitative estimate of drug-likeness (QED) is 0.836. The van der Waals surface area contributed by atoms with Gasteiger partial charge in [-0.15, -0.1) is 0 Å². The van der Waals surface area contributed by atoms with Crippen LogP contribution in [0.15, 0.2) is 30.3 Å². The van der Waals surface area contributed by atoms with E-state index in [4.69, 9.17) is 0 Å². The van der Waals surface area contributed by atoms with Gasteiger partial charge in [-0.05, 0) is 43.7 Å². The number of amides is 1. The van der Waals surface area contributed by atoms with E-state index >= 15 is 0 Å². The standard InChI is InChI=1S/C20H30N2O/c1-21(20(23)15-17-9-4-2-5-10-17)19-13-8-14-22(16-19)18-11-6-3-7-12-18/h3,6-7,11-12,17,19H,2,4-5,8-10,13-16H2,1H3. The van der Waals surface area contributed by atoms with Gasteiger partial charge in [-0.1, -0.05) is 37.5 Å². The summed E-state index contributed by atoms with van der Waals surface area (Å²) in [6, 6.07) is 11.0. The summed E-state index contributed by atoms with van der Waals surface area (Å²) in [5.74, 6) is 0.990. The fraction of sp³-hybridized carbons (Fsp3) is 0.650. The summed E-state index contributed by atoms with van der Waals surface area (Å²) >= 11 is 0. The lowest BCUT2D eigenvalue weighted by Gasteiger charge is -2.39. The number of nitrogens with zero attached hydrogens (tertiary/aromatic N) is 2. The first-order chi connectivity index (χ1) is 11.2. The number of carbonyl (C=O) groups is 1. The lowest BCUT2D eigenvalue weighted by molar-refractivity contribution is -0.133. The minimum absolute atomic E-state index is 0.358. The molecule has 1 unspecified atom stereocenters. The van der Waals surface area contributed by atoms with Gasteiger partial charge in [-0.25, -0.2) is 0 Å². The van der Waals surface area contributed by atoms with E-state index in [0.717, 1.165) is 25.9 Å². The highest BCUT2D eigenvalue weighted by Gasteiger charge is 2.27. The maximum Gasteiger partial charge on any atom is 0.222 e. The van der Waals surface area contributed by atoms with Crippen LogP contribution in [-0.4, -0.2) is 37.0 Å². The van der Waals surface area contributed by atoms with Crippen molar-refractivity contribution < 1.29 is 4.79 Å². The maximum atomic E-state index is 12.7. The van der Waals surface area contributed by atoms with Crippen LogP contribution in [0.25, 0.3) is 0 Å². The zero-order chi connectivity index (χ0) is 16.1. The Hall–Kier alpha value is -1.51. The molecule has 2 aliphatic rings. The topological polar surface area (TPSA) is 23.6 Å². The van der Waals surface area contributed by atoms with Crippen molar-refractivity contribution >= 4 is 11.6 Å². The molecule has 3 rings (SSSR count). The van der Waals surface area contributed by atoms with Gasteiger partial charge in [0, 0.05) is 38.3 Å². The summed E-state index contributed by atoms with van der Waals surface area (Å²) in [5, 5.41) is 0. The highest BCUT2D eigenvalue weighted by atomic mass is 16.2. The van der Waals surface area contributed by atoms with Crippen molar-refractivity contribution in [2.75, 3.05) is 25.0 Å². The molecule has 0 bridgehead atoms. The van der Waals surface area contributed by atoms with Gasteiger partial charge in [0.15, 0.2) is 0 Å². The van der Waals surface area contributed by atoms with Crippen LogP contribution in [0.2, 0.25) is 0 Å². The van der Waals surface area contributed by atoms with Gasteiger partial charge >= 0.3 is 0 Å². The molecule has 1 aromatic rings. The number of para-hydroxylation sites is 1. The largest absolute Gasteiger partial charge is 0.369 e. The molecule has 1 saturated carbocycles. The molecule has 1 amide bonds. The normalized spacial score (nSPS) is 22.8. The van der Waals surface area contributed by atoms with Gasteiger partial charge in [-0.3, -0.25) is 4.79 Å². The number of benzene rings is 1. The molecule has 3 heteroatoms. The molecule has 0 N–H and O–H groups in total. The van der Waals surface area contributed by atoms with Crippen molar-refractivity contribution in [2.45, 2.75) is 57.4 Å². The number of hydrogen-bond donors (Lipinski definition) is 0. The maximum absolute atomic E-state index is 12.7. The molecule has 1 aliphatic heterocycles. The molecule has 126 valence electrons. The average molecular weight is 314 g/mol. The molecule has 0 aromatic heterocycles. The third kappa shape index (κ3) is 4.27. The Kier molecular flexibility index (Phi) is 5.58. The van der Waals surface area contributed by atoms with E-state index in [2.05, 4.69) is 35.2 Å². The van der Waals surface area contributed by atoms with Crippen molar-refractivity contribution in [1.29, 1.82) is 0 Å². The van der Waals surface area contributed by atoms with Crippen LogP contribution in [-0.2, 0) is 4.79 Å². The van der Waals surface area contributed by atoms with E-state index in [1.807, 2.05) is 11.9 Å². The summed E-state index contributed by atoms with van der Waals surface area (Å²) in [5.41, 5.74) is 1.28. The zero-order valence-corrected chi connectivity index (χ0v) is 14.4. The second kappa shape index (κ2) is 7.85. The number of rotatable bonds is 4. The fourth-order valence-corrected chi connectivity index (χ4v) is 4.13. The summed E-state index contributed by atoms with van der Waals surface area (Å²) < 4.78 is 0. The predicted molar refractivity (Wildman–Crippen MR) is 95.6 cm³/mol. The molecule has 1 saturated heterocycles.